The molecule has 0 atom stereocenters. The summed E-state index contributed by atoms with van der Waals surface area (Å²) in [5.41, 5.74) is -1.19. The monoisotopic (exact) mass is 326 g/mol. The maximum atomic E-state index is 13.5. The molecule has 0 heterocycles. The zero-order chi connectivity index (χ0) is 17.1. The smallest absolute Gasteiger partial charge is 0.312 e. The van der Waals surface area contributed by atoms with E-state index < -0.39 is 39.5 Å². The highest BCUT2D eigenvalue weighted by Crippen LogP contribution is 2.30. The number of anilines is 1. The van der Waals surface area contributed by atoms with Crippen LogP contribution in [0, 0.1) is 27.6 Å². The molecule has 0 unspecified atom stereocenters. The van der Waals surface area contributed by atoms with Gasteiger partial charge in [0.1, 0.15) is 0 Å². The van der Waals surface area contributed by atoms with E-state index in [2.05, 4.69) is 5.32 Å². The molecule has 120 valence electrons. The van der Waals surface area contributed by atoms with Gasteiger partial charge in [0.15, 0.2) is 23.2 Å². The first-order chi connectivity index (χ1) is 10.8. The lowest BCUT2D eigenvalue weighted by atomic mass is 10.1. The molecule has 1 N–H and O–H groups in total. The fraction of sp³-hybridized carbons (Fsp3) is 0.0714. The molecule has 0 aromatic heterocycles. The van der Waals surface area contributed by atoms with Gasteiger partial charge in [0.05, 0.1) is 17.6 Å². The summed E-state index contributed by atoms with van der Waals surface area (Å²) in [5, 5.41) is 13.1. The largest absolute Gasteiger partial charge is 0.490 e. The van der Waals surface area contributed by atoms with Crippen molar-refractivity contribution in [3.8, 4) is 5.75 Å². The van der Waals surface area contributed by atoms with E-state index in [9.17, 15) is 28.1 Å². The van der Waals surface area contributed by atoms with Crippen molar-refractivity contribution in [2.45, 2.75) is 0 Å². The van der Waals surface area contributed by atoms with Crippen molar-refractivity contribution in [1.29, 1.82) is 0 Å². The van der Waals surface area contributed by atoms with Crippen LogP contribution in [0.3, 0.4) is 0 Å². The first kappa shape index (κ1) is 16.3. The van der Waals surface area contributed by atoms with Crippen LogP contribution in [0.5, 0.6) is 5.75 Å². The van der Waals surface area contributed by atoms with Gasteiger partial charge in [0, 0.05) is 11.8 Å². The minimum atomic E-state index is -1.78. The lowest BCUT2D eigenvalue weighted by Crippen LogP contribution is -2.15. The molecular weight excluding hydrogens is 317 g/mol. The summed E-state index contributed by atoms with van der Waals surface area (Å²) in [5.74, 6) is -5.98. The quantitative estimate of drug-likeness (QED) is 0.531. The van der Waals surface area contributed by atoms with Crippen LogP contribution >= 0.6 is 0 Å². The second kappa shape index (κ2) is 6.34. The fourth-order valence-electron chi connectivity index (χ4n) is 1.81. The molecule has 0 aliphatic heterocycles. The Bertz CT molecular complexity index is 796. The SMILES string of the molecule is COc1ccc(NC(=O)c2ccc(F)c(F)c2F)cc1[N+](=O)[O-]. The number of hydrogen-bond donors (Lipinski definition) is 1. The number of nitrogens with zero attached hydrogens (tertiary/aromatic N) is 1. The number of rotatable bonds is 4. The zero-order valence-electron chi connectivity index (χ0n) is 11.6. The number of benzene rings is 2. The summed E-state index contributed by atoms with van der Waals surface area (Å²) >= 11 is 0. The molecular formula is C14H9F3N2O4. The minimum absolute atomic E-state index is 0.0352. The molecule has 1 amide bonds. The van der Waals surface area contributed by atoms with E-state index in [0.29, 0.717) is 6.07 Å². The Hall–Kier alpha value is -3.10. The lowest BCUT2D eigenvalue weighted by molar-refractivity contribution is -0.385. The van der Waals surface area contributed by atoms with Crippen LogP contribution in [0.25, 0.3) is 0 Å². The van der Waals surface area contributed by atoms with E-state index in [1.807, 2.05) is 0 Å². The highest BCUT2D eigenvalue weighted by atomic mass is 19.2. The van der Waals surface area contributed by atoms with Gasteiger partial charge in [-0.05, 0) is 24.3 Å². The number of carbonyl (C=O) groups is 1. The van der Waals surface area contributed by atoms with Gasteiger partial charge in [-0.1, -0.05) is 0 Å². The van der Waals surface area contributed by atoms with Crippen molar-refractivity contribution >= 4 is 17.3 Å². The number of nitro benzene ring substituents is 1. The summed E-state index contributed by atoms with van der Waals surface area (Å²) in [6.45, 7) is 0. The summed E-state index contributed by atoms with van der Waals surface area (Å²) in [6, 6.07) is 4.87. The van der Waals surface area contributed by atoms with Crippen molar-refractivity contribution in [1.82, 2.24) is 0 Å². The molecule has 0 radical (unpaired) electrons. The molecule has 9 heteroatoms. The topological polar surface area (TPSA) is 81.5 Å². The standard InChI is InChI=1S/C14H9F3N2O4/c1-23-11-5-2-7(6-10(11)19(21)22)18-14(20)8-3-4-9(15)13(17)12(8)16/h2-6H,1H3,(H,18,20). The number of halogens is 3. The molecule has 23 heavy (non-hydrogen) atoms. The Labute approximate surface area is 127 Å². The molecule has 0 fully saturated rings. The van der Waals surface area contributed by atoms with Crippen LogP contribution in [-0.2, 0) is 0 Å². The van der Waals surface area contributed by atoms with Crippen molar-refractivity contribution < 1.29 is 27.6 Å². The van der Waals surface area contributed by atoms with Crippen molar-refractivity contribution in [3.63, 3.8) is 0 Å². The fourth-order valence-corrected chi connectivity index (χ4v) is 1.81. The lowest BCUT2D eigenvalue weighted by Gasteiger charge is -2.08. The average Bonchev–Trinajstić information content (AvgIpc) is 2.52. The van der Waals surface area contributed by atoms with Gasteiger partial charge in [0.2, 0.25) is 0 Å². The van der Waals surface area contributed by atoms with Gasteiger partial charge in [0.25, 0.3) is 5.91 Å². The van der Waals surface area contributed by atoms with Gasteiger partial charge >= 0.3 is 5.69 Å². The highest BCUT2D eigenvalue weighted by Gasteiger charge is 2.20. The average molecular weight is 326 g/mol. The summed E-state index contributed by atoms with van der Waals surface area (Å²) in [6.07, 6.45) is 0. The normalized spacial score (nSPS) is 10.3. The summed E-state index contributed by atoms with van der Waals surface area (Å²) in [4.78, 5) is 22.0. The van der Waals surface area contributed by atoms with Crippen LogP contribution in [-0.4, -0.2) is 17.9 Å². The van der Waals surface area contributed by atoms with Gasteiger partial charge < -0.3 is 10.1 Å². The first-order valence-electron chi connectivity index (χ1n) is 6.12. The van der Waals surface area contributed by atoms with Crippen LogP contribution in [0.4, 0.5) is 24.5 Å². The maximum Gasteiger partial charge on any atom is 0.312 e. The molecule has 0 aliphatic rings. The van der Waals surface area contributed by atoms with Crippen LogP contribution in [0.2, 0.25) is 0 Å². The number of nitro groups is 1. The van der Waals surface area contributed by atoms with Gasteiger partial charge in [-0.2, -0.15) is 0 Å². The molecule has 0 saturated heterocycles. The Morgan fingerprint density at radius 1 is 1.17 bits per heavy atom. The van der Waals surface area contributed by atoms with E-state index >= 15 is 0 Å². The van der Waals surface area contributed by atoms with Crippen LogP contribution < -0.4 is 10.1 Å². The van der Waals surface area contributed by atoms with Crippen LogP contribution in [0.15, 0.2) is 30.3 Å². The predicted octanol–water partition coefficient (Wildman–Crippen LogP) is 3.27. The molecule has 0 bridgehead atoms. The van der Waals surface area contributed by atoms with E-state index in [0.717, 1.165) is 12.1 Å². The zero-order valence-corrected chi connectivity index (χ0v) is 11.6. The van der Waals surface area contributed by atoms with Crippen molar-refractivity contribution in [3.05, 3.63) is 63.5 Å². The van der Waals surface area contributed by atoms with Gasteiger partial charge in [-0.25, -0.2) is 13.2 Å². The molecule has 0 spiro atoms. The Kier molecular flexibility index (Phi) is 4.49. The molecule has 6 nitrogen and oxygen atoms in total. The van der Waals surface area contributed by atoms with Gasteiger partial charge in [-0.15, -0.1) is 0 Å². The molecule has 0 saturated carbocycles. The second-order valence-corrected chi connectivity index (χ2v) is 4.32. The van der Waals surface area contributed by atoms with Crippen molar-refractivity contribution in [2.24, 2.45) is 0 Å². The number of methoxy groups -OCH3 is 1. The Balaban J connectivity index is 2.33. The highest BCUT2D eigenvalue weighted by molar-refractivity contribution is 6.04. The molecule has 2 aromatic rings. The van der Waals surface area contributed by atoms with E-state index in [1.54, 1.807) is 0 Å². The number of ether oxygens (including phenoxy) is 1. The Morgan fingerprint density at radius 2 is 1.87 bits per heavy atom. The van der Waals surface area contributed by atoms with E-state index in [-0.39, 0.29) is 11.4 Å². The van der Waals surface area contributed by atoms with Crippen molar-refractivity contribution in [2.75, 3.05) is 12.4 Å². The van der Waals surface area contributed by atoms with E-state index in [4.69, 9.17) is 4.74 Å². The third kappa shape index (κ3) is 3.23. The molecule has 0 aliphatic carbocycles. The summed E-state index contributed by atoms with van der Waals surface area (Å²) < 4.78 is 44.3. The number of carbonyl (C=O) groups excluding carboxylic acids is 1. The minimum Gasteiger partial charge on any atom is -0.490 e. The number of nitrogens with one attached hydrogen (secondary N) is 1. The predicted molar refractivity (Wildman–Crippen MR) is 73.9 cm³/mol. The third-order valence-corrected chi connectivity index (χ3v) is 2.91. The Morgan fingerprint density at radius 3 is 2.48 bits per heavy atom. The summed E-state index contributed by atoms with van der Waals surface area (Å²) in [7, 11) is 1.23. The van der Waals surface area contributed by atoms with Gasteiger partial charge in [-0.3, -0.25) is 14.9 Å². The number of hydrogen-bond acceptors (Lipinski definition) is 4. The molecule has 2 rings (SSSR count). The number of amides is 1. The first-order valence-corrected chi connectivity index (χ1v) is 6.12. The molecule has 2 aromatic carbocycles. The maximum absolute atomic E-state index is 13.5. The second-order valence-electron chi connectivity index (χ2n) is 4.32. The van der Waals surface area contributed by atoms with E-state index in [1.165, 1.54) is 19.2 Å². The van der Waals surface area contributed by atoms with Crippen LogP contribution in [0.1, 0.15) is 10.4 Å². The third-order valence-electron chi connectivity index (χ3n) is 2.91.